The second-order valence-electron chi connectivity index (χ2n) is 5.79. The summed E-state index contributed by atoms with van der Waals surface area (Å²) in [7, 11) is 0. The minimum absolute atomic E-state index is 0.144. The first-order valence-corrected chi connectivity index (χ1v) is 9.37. The molecule has 0 radical (unpaired) electrons. The van der Waals surface area contributed by atoms with Gasteiger partial charge in [-0.05, 0) is 77.2 Å². The van der Waals surface area contributed by atoms with Crippen molar-refractivity contribution >= 4 is 56.8 Å². The Hall–Kier alpha value is -2.38. The van der Waals surface area contributed by atoms with Crippen LogP contribution in [0.15, 0.2) is 66.7 Å². The number of H-pyrrole nitrogens is 1. The van der Waals surface area contributed by atoms with E-state index in [2.05, 4.69) is 37.9 Å². The van der Waals surface area contributed by atoms with Crippen LogP contribution >= 0.6 is 34.2 Å². The summed E-state index contributed by atoms with van der Waals surface area (Å²) < 4.78 is 1.12. The topological polar surface area (TPSA) is 57.8 Å². The van der Waals surface area contributed by atoms with Gasteiger partial charge in [-0.1, -0.05) is 23.7 Å². The fourth-order valence-corrected chi connectivity index (χ4v) is 3.17. The number of hydrogen-bond donors (Lipinski definition) is 2. The summed E-state index contributed by atoms with van der Waals surface area (Å²) in [5.41, 5.74) is 4.00. The van der Waals surface area contributed by atoms with Gasteiger partial charge in [0.05, 0.1) is 11.0 Å². The highest BCUT2D eigenvalue weighted by atomic mass is 127. The average Bonchev–Trinajstić information content (AvgIpc) is 3.07. The van der Waals surface area contributed by atoms with Crippen molar-refractivity contribution in [2.75, 3.05) is 5.32 Å². The maximum absolute atomic E-state index is 12.4. The van der Waals surface area contributed by atoms with Gasteiger partial charge in [0.1, 0.15) is 5.82 Å². The number of anilines is 1. The van der Waals surface area contributed by atoms with Gasteiger partial charge in [-0.25, -0.2) is 4.98 Å². The number of fused-ring (bicyclic) bond motifs is 1. The van der Waals surface area contributed by atoms with E-state index in [-0.39, 0.29) is 5.91 Å². The molecule has 0 bridgehead atoms. The van der Waals surface area contributed by atoms with Crippen molar-refractivity contribution < 1.29 is 4.79 Å². The van der Waals surface area contributed by atoms with Gasteiger partial charge in [-0.15, -0.1) is 0 Å². The lowest BCUT2D eigenvalue weighted by Gasteiger charge is -2.06. The SMILES string of the molecule is O=C(Nc1ccc(I)cc1)c1ccc(-c2nc3ccc(Cl)cc3[nH]2)cc1. The predicted octanol–water partition coefficient (Wildman–Crippen LogP) is 5.74. The normalized spacial score (nSPS) is 10.8. The molecule has 1 aromatic heterocycles. The molecular weight excluding hydrogens is 461 g/mol. The Morgan fingerprint density at radius 3 is 2.46 bits per heavy atom. The summed E-state index contributed by atoms with van der Waals surface area (Å²) >= 11 is 8.24. The van der Waals surface area contributed by atoms with Crippen LogP contribution in [0.5, 0.6) is 0 Å². The lowest BCUT2D eigenvalue weighted by Crippen LogP contribution is -2.11. The molecule has 4 aromatic rings. The quantitative estimate of drug-likeness (QED) is 0.373. The number of carbonyl (C=O) groups is 1. The molecule has 0 fully saturated rings. The van der Waals surface area contributed by atoms with E-state index in [0.717, 1.165) is 31.7 Å². The van der Waals surface area contributed by atoms with Crippen LogP contribution in [-0.4, -0.2) is 15.9 Å². The molecule has 0 saturated carbocycles. The zero-order chi connectivity index (χ0) is 18.1. The van der Waals surface area contributed by atoms with Crippen molar-refractivity contribution in [1.29, 1.82) is 0 Å². The lowest BCUT2D eigenvalue weighted by molar-refractivity contribution is 0.102. The number of rotatable bonds is 3. The standard InChI is InChI=1S/C20H13ClIN3O/c21-14-5-10-17-18(11-14)25-19(24-17)12-1-3-13(4-2-12)20(26)23-16-8-6-15(22)7-9-16/h1-11H,(H,23,26)(H,24,25). The Kier molecular flexibility index (Phi) is 4.65. The molecule has 2 N–H and O–H groups in total. The number of hydrogen-bond acceptors (Lipinski definition) is 2. The molecule has 0 aliphatic rings. The van der Waals surface area contributed by atoms with Gasteiger partial charge in [0.25, 0.3) is 5.91 Å². The average molecular weight is 474 g/mol. The molecule has 0 unspecified atom stereocenters. The Morgan fingerprint density at radius 1 is 1.00 bits per heavy atom. The number of benzene rings is 3. The fraction of sp³-hybridized carbons (Fsp3) is 0. The van der Waals surface area contributed by atoms with Crippen LogP contribution in [0.2, 0.25) is 5.02 Å². The second kappa shape index (κ2) is 7.09. The van der Waals surface area contributed by atoms with Crippen LogP contribution in [-0.2, 0) is 0 Å². The van der Waals surface area contributed by atoms with E-state index in [1.165, 1.54) is 0 Å². The number of amides is 1. The van der Waals surface area contributed by atoms with Gasteiger partial charge < -0.3 is 10.3 Å². The maximum atomic E-state index is 12.4. The number of halogens is 2. The Labute approximate surface area is 168 Å². The van der Waals surface area contributed by atoms with Crippen molar-refractivity contribution in [2.24, 2.45) is 0 Å². The van der Waals surface area contributed by atoms with Gasteiger partial charge in [-0.3, -0.25) is 4.79 Å². The molecule has 1 heterocycles. The first-order chi connectivity index (χ1) is 12.6. The third-order valence-electron chi connectivity index (χ3n) is 3.97. The molecule has 128 valence electrons. The highest BCUT2D eigenvalue weighted by Crippen LogP contribution is 2.23. The molecule has 0 aliphatic carbocycles. The minimum Gasteiger partial charge on any atom is -0.338 e. The van der Waals surface area contributed by atoms with Gasteiger partial charge in [0.2, 0.25) is 0 Å². The molecule has 26 heavy (non-hydrogen) atoms. The summed E-state index contributed by atoms with van der Waals surface area (Å²) in [6.45, 7) is 0. The van der Waals surface area contributed by atoms with E-state index in [0.29, 0.717) is 10.6 Å². The first-order valence-electron chi connectivity index (χ1n) is 7.91. The monoisotopic (exact) mass is 473 g/mol. The largest absolute Gasteiger partial charge is 0.338 e. The van der Waals surface area contributed by atoms with E-state index in [1.54, 1.807) is 12.1 Å². The number of aromatic nitrogens is 2. The van der Waals surface area contributed by atoms with Crippen LogP contribution in [0.3, 0.4) is 0 Å². The Balaban J connectivity index is 1.55. The molecule has 4 nitrogen and oxygen atoms in total. The highest BCUT2D eigenvalue weighted by molar-refractivity contribution is 14.1. The summed E-state index contributed by atoms with van der Waals surface area (Å²) in [5.74, 6) is 0.598. The molecule has 0 spiro atoms. The number of nitrogens with one attached hydrogen (secondary N) is 2. The van der Waals surface area contributed by atoms with E-state index < -0.39 is 0 Å². The van der Waals surface area contributed by atoms with E-state index in [9.17, 15) is 4.79 Å². The Morgan fingerprint density at radius 2 is 1.73 bits per heavy atom. The number of carbonyl (C=O) groups excluding carboxylic acids is 1. The first kappa shape index (κ1) is 17.1. The summed E-state index contributed by atoms with van der Waals surface area (Å²) in [4.78, 5) is 20.2. The van der Waals surface area contributed by atoms with Crippen molar-refractivity contribution in [3.05, 3.63) is 80.9 Å². The molecule has 6 heteroatoms. The molecular formula is C20H13ClIN3O. The van der Waals surface area contributed by atoms with Gasteiger partial charge in [0.15, 0.2) is 0 Å². The summed E-state index contributed by atoms with van der Waals surface area (Å²) in [5, 5.41) is 3.55. The number of nitrogens with zero attached hydrogens (tertiary/aromatic N) is 1. The maximum Gasteiger partial charge on any atom is 0.255 e. The zero-order valence-corrected chi connectivity index (χ0v) is 16.4. The van der Waals surface area contributed by atoms with Crippen LogP contribution in [0.25, 0.3) is 22.4 Å². The highest BCUT2D eigenvalue weighted by Gasteiger charge is 2.09. The molecule has 4 rings (SSSR count). The number of aromatic amines is 1. The van der Waals surface area contributed by atoms with Crippen LogP contribution in [0.1, 0.15) is 10.4 Å². The summed E-state index contributed by atoms with van der Waals surface area (Å²) in [6.07, 6.45) is 0. The van der Waals surface area contributed by atoms with Gasteiger partial charge in [-0.2, -0.15) is 0 Å². The van der Waals surface area contributed by atoms with Crippen molar-refractivity contribution in [1.82, 2.24) is 9.97 Å². The van der Waals surface area contributed by atoms with Gasteiger partial charge in [0, 0.05) is 25.4 Å². The lowest BCUT2D eigenvalue weighted by atomic mass is 10.1. The fourth-order valence-electron chi connectivity index (χ4n) is 2.63. The van der Waals surface area contributed by atoms with Crippen LogP contribution < -0.4 is 5.32 Å². The summed E-state index contributed by atoms with van der Waals surface area (Å²) in [6, 6.07) is 20.5. The van der Waals surface area contributed by atoms with E-state index in [1.807, 2.05) is 54.6 Å². The van der Waals surface area contributed by atoms with E-state index in [4.69, 9.17) is 11.6 Å². The third kappa shape index (κ3) is 3.59. The Bertz CT molecular complexity index is 1090. The zero-order valence-electron chi connectivity index (χ0n) is 13.5. The van der Waals surface area contributed by atoms with E-state index >= 15 is 0 Å². The minimum atomic E-state index is -0.144. The van der Waals surface area contributed by atoms with Crippen molar-refractivity contribution in [3.63, 3.8) is 0 Å². The molecule has 0 atom stereocenters. The smallest absolute Gasteiger partial charge is 0.255 e. The van der Waals surface area contributed by atoms with Crippen LogP contribution in [0.4, 0.5) is 5.69 Å². The third-order valence-corrected chi connectivity index (χ3v) is 4.92. The van der Waals surface area contributed by atoms with Crippen LogP contribution in [0, 0.1) is 3.57 Å². The van der Waals surface area contributed by atoms with Crippen molar-refractivity contribution in [2.45, 2.75) is 0 Å². The van der Waals surface area contributed by atoms with Gasteiger partial charge >= 0.3 is 0 Å². The molecule has 0 aliphatic heterocycles. The predicted molar refractivity (Wildman–Crippen MR) is 114 cm³/mol. The number of imidazole rings is 1. The molecule has 1 amide bonds. The molecule has 0 saturated heterocycles. The molecule has 3 aromatic carbocycles. The van der Waals surface area contributed by atoms with Crippen molar-refractivity contribution in [3.8, 4) is 11.4 Å². The second-order valence-corrected chi connectivity index (χ2v) is 7.47.